The van der Waals surface area contributed by atoms with Crippen LogP contribution in [0.1, 0.15) is 56.6 Å². The van der Waals surface area contributed by atoms with Crippen molar-refractivity contribution in [3.63, 3.8) is 0 Å². The molecule has 7 nitrogen and oxygen atoms in total. The largest absolute Gasteiger partial charge is 0.497 e. The Morgan fingerprint density at radius 1 is 1.03 bits per heavy atom. The Kier molecular flexibility index (Phi) is 8.24. The first-order valence-corrected chi connectivity index (χ1v) is 12.9. The second kappa shape index (κ2) is 11.5. The number of methoxy groups -OCH3 is 1. The maximum Gasteiger partial charge on any atom is 0.230 e. The van der Waals surface area contributed by atoms with Crippen LogP contribution in [0.2, 0.25) is 0 Å². The van der Waals surface area contributed by atoms with E-state index in [-0.39, 0.29) is 23.7 Å². The monoisotopic (exact) mass is 479 g/mol. The van der Waals surface area contributed by atoms with Gasteiger partial charge in [-0.25, -0.2) is 0 Å². The number of carbonyl (C=O) groups excluding carboxylic acids is 1. The average molecular weight is 480 g/mol. The molecule has 8 heteroatoms. The summed E-state index contributed by atoms with van der Waals surface area (Å²) in [5.74, 6) is 1.93. The SMILES string of the molecule is COc1ccc(-n2c(SCC(=O)NC(C)c3ccccc3)nnc2C(C)N2CCCCC2)cc1. The van der Waals surface area contributed by atoms with Gasteiger partial charge in [0.2, 0.25) is 5.91 Å². The minimum Gasteiger partial charge on any atom is -0.497 e. The van der Waals surface area contributed by atoms with Crippen molar-refractivity contribution in [1.82, 2.24) is 25.0 Å². The van der Waals surface area contributed by atoms with Crippen molar-refractivity contribution in [2.75, 3.05) is 26.0 Å². The molecule has 0 spiro atoms. The highest BCUT2D eigenvalue weighted by molar-refractivity contribution is 7.99. The van der Waals surface area contributed by atoms with Crippen LogP contribution in [0.3, 0.4) is 0 Å². The maximum absolute atomic E-state index is 12.7. The van der Waals surface area contributed by atoms with E-state index < -0.39 is 0 Å². The number of amides is 1. The number of benzene rings is 2. The summed E-state index contributed by atoms with van der Waals surface area (Å²) in [6, 6.07) is 18.0. The molecule has 0 aliphatic carbocycles. The van der Waals surface area contributed by atoms with E-state index in [2.05, 4.69) is 31.9 Å². The summed E-state index contributed by atoms with van der Waals surface area (Å²) in [4.78, 5) is 15.2. The number of rotatable bonds is 9. The highest BCUT2D eigenvalue weighted by atomic mass is 32.2. The second-order valence-corrected chi connectivity index (χ2v) is 9.58. The first-order valence-electron chi connectivity index (χ1n) is 11.9. The van der Waals surface area contributed by atoms with Gasteiger partial charge in [0, 0.05) is 5.69 Å². The zero-order chi connectivity index (χ0) is 23.9. The number of aromatic nitrogens is 3. The molecule has 2 heterocycles. The third-order valence-corrected chi connectivity index (χ3v) is 7.24. The fourth-order valence-corrected chi connectivity index (χ4v) is 5.10. The number of hydrogen-bond donors (Lipinski definition) is 1. The Bertz CT molecular complexity index is 1060. The highest BCUT2D eigenvalue weighted by Crippen LogP contribution is 2.30. The van der Waals surface area contributed by atoms with Crippen LogP contribution < -0.4 is 10.1 Å². The fraction of sp³-hybridized carbons (Fsp3) is 0.423. The highest BCUT2D eigenvalue weighted by Gasteiger charge is 2.26. The smallest absolute Gasteiger partial charge is 0.230 e. The lowest BCUT2D eigenvalue weighted by molar-refractivity contribution is -0.119. The lowest BCUT2D eigenvalue weighted by Crippen LogP contribution is -2.33. The minimum absolute atomic E-state index is 0.0312. The molecule has 1 fully saturated rings. The van der Waals surface area contributed by atoms with Crippen LogP contribution in [-0.4, -0.2) is 51.5 Å². The van der Waals surface area contributed by atoms with Crippen molar-refractivity contribution in [3.05, 3.63) is 66.0 Å². The van der Waals surface area contributed by atoms with E-state index in [1.54, 1.807) is 7.11 Å². The molecule has 180 valence electrons. The van der Waals surface area contributed by atoms with Crippen molar-refractivity contribution < 1.29 is 9.53 Å². The lowest BCUT2D eigenvalue weighted by Gasteiger charge is -2.31. The molecule has 1 saturated heterocycles. The van der Waals surface area contributed by atoms with Gasteiger partial charge < -0.3 is 10.1 Å². The predicted octanol–water partition coefficient (Wildman–Crippen LogP) is 4.79. The Morgan fingerprint density at radius 3 is 2.41 bits per heavy atom. The number of likely N-dealkylation sites (tertiary alicyclic amines) is 1. The molecule has 1 aromatic heterocycles. The third kappa shape index (κ3) is 5.80. The molecular weight excluding hydrogens is 446 g/mol. The number of nitrogens with zero attached hydrogens (tertiary/aromatic N) is 4. The van der Waals surface area contributed by atoms with Gasteiger partial charge in [-0.05, 0) is 69.6 Å². The molecule has 2 atom stereocenters. The summed E-state index contributed by atoms with van der Waals surface area (Å²) in [5, 5.41) is 12.9. The zero-order valence-electron chi connectivity index (χ0n) is 20.1. The second-order valence-electron chi connectivity index (χ2n) is 8.64. The molecule has 0 bridgehead atoms. The van der Waals surface area contributed by atoms with E-state index in [9.17, 15) is 4.79 Å². The van der Waals surface area contributed by atoms with E-state index in [1.165, 1.54) is 31.0 Å². The number of thioether (sulfide) groups is 1. The number of piperidine rings is 1. The van der Waals surface area contributed by atoms with Gasteiger partial charge in [-0.3, -0.25) is 14.3 Å². The number of carbonyl (C=O) groups is 1. The molecule has 1 aliphatic heterocycles. The number of ether oxygens (including phenoxy) is 1. The molecular formula is C26H33N5O2S. The maximum atomic E-state index is 12.7. The van der Waals surface area contributed by atoms with Crippen molar-refractivity contribution in [1.29, 1.82) is 0 Å². The molecule has 1 amide bonds. The van der Waals surface area contributed by atoms with E-state index in [1.807, 2.05) is 61.5 Å². The van der Waals surface area contributed by atoms with Crippen LogP contribution in [0.4, 0.5) is 0 Å². The lowest BCUT2D eigenvalue weighted by atomic mass is 10.1. The molecule has 2 aromatic carbocycles. The predicted molar refractivity (Wildman–Crippen MR) is 135 cm³/mol. The first kappa shape index (κ1) is 24.3. The van der Waals surface area contributed by atoms with Gasteiger partial charge in [0.05, 0.1) is 24.9 Å². The standard InChI is InChI=1S/C26H33N5O2S/c1-19(21-10-6-4-7-11-21)27-24(32)18-34-26-29-28-25(20(2)30-16-8-5-9-17-30)31(26)22-12-14-23(33-3)15-13-22/h4,6-7,10-15,19-20H,5,8-9,16-18H2,1-3H3,(H,27,32). The van der Waals surface area contributed by atoms with Gasteiger partial charge in [0.1, 0.15) is 5.75 Å². The molecule has 0 saturated carbocycles. The summed E-state index contributed by atoms with van der Waals surface area (Å²) in [5.41, 5.74) is 2.05. The van der Waals surface area contributed by atoms with Gasteiger partial charge in [-0.2, -0.15) is 0 Å². The van der Waals surface area contributed by atoms with E-state index in [4.69, 9.17) is 4.74 Å². The summed E-state index contributed by atoms with van der Waals surface area (Å²) in [7, 11) is 1.66. The van der Waals surface area contributed by atoms with E-state index in [0.29, 0.717) is 5.16 Å². The van der Waals surface area contributed by atoms with Gasteiger partial charge >= 0.3 is 0 Å². The Morgan fingerprint density at radius 2 is 1.74 bits per heavy atom. The summed E-state index contributed by atoms with van der Waals surface area (Å²) in [6.07, 6.45) is 3.71. The minimum atomic E-state index is -0.0524. The molecule has 0 radical (unpaired) electrons. The van der Waals surface area contributed by atoms with Crippen molar-refractivity contribution in [2.45, 2.75) is 50.4 Å². The average Bonchev–Trinajstić information content (AvgIpc) is 3.32. The van der Waals surface area contributed by atoms with Gasteiger partial charge in [-0.15, -0.1) is 10.2 Å². The third-order valence-electron chi connectivity index (χ3n) is 6.31. The van der Waals surface area contributed by atoms with Crippen molar-refractivity contribution in [2.24, 2.45) is 0 Å². The molecule has 1 aliphatic rings. The number of hydrogen-bond acceptors (Lipinski definition) is 6. The summed E-state index contributed by atoms with van der Waals surface area (Å²) < 4.78 is 7.42. The Labute approximate surface area is 205 Å². The van der Waals surface area contributed by atoms with Gasteiger partial charge in [0.15, 0.2) is 11.0 Å². The summed E-state index contributed by atoms with van der Waals surface area (Å²) >= 11 is 1.41. The fourth-order valence-electron chi connectivity index (χ4n) is 4.33. The van der Waals surface area contributed by atoms with Crippen LogP contribution in [0.15, 0.2) is 59.8 Å². The van der Waals surface area contributed by atoms with Crippen molar-refractivity contribution in [3.8, 4) is 11.4 Å². The van der Waals surface area contributed by atoms with Crippen LogP contribution in [-0.2, 0) is 4.79 Å². The van der Waals surface area contributed by atoms with Crippen LogP contribution in [0, 0.1) is 0 Å². The molecule has 34 heavy (non-hydrogen) atoms. The topological polar surface area (TPSA) is 72.3 Å². The van der Waals surface area contributed by atoms with Crippen LogP contribution in [0.5, 0.6) is 5.75 Å². The van der Waals surface area contributed by atoms with Crippen molar-refractivity contribution >= 4 is 17.7 Å². The van der Waals surface area contributed by atoms with Gasteiger partial charge in [0.25, 0.3) is 0 Å². The van der Waals surface area contributed by atoms with E-state index in [0.717, 1.165) is 35.9 Å². The summed E-state index contributed by atoms with van der Waals surface area (Å²) in [6.45, 7) is 6.33. The normalized spacial score (nSPS) is 16.1. The van der Waals surface area contributed by atoms with Crippen LogP contribution in [0.25, 0.3) is 5.69 Å². The van der Waals surface area contributed by atoms with E-state index >= 15 is 0 Å². The van der Waals surface area contributed by atoms with Crippen LogP contribution >= 0.6 is 11.8 Å². The zero-order valence-corrected chi connectivity index (χ0v) is 20.9. The van der Waals surface area contributed by atoms with Gasteiger partial charge in [-0.1, -0.05) is 48.5 Å². The molecule has 1 N–H and O–H groups in total. The molecule has 3 aromatic rings. The Balaban J connectivity index is 1.52. The number of nitrogens with one attached hydrogen (secondary N) is 1. The quantitative estimate of drug-likeness (QED) is 0.445. The molecule has 4 rings (SSSR count). The first-order chi connectivity index (χ1) is 16.6. The Hall–Kier alpha value is -2.84. The molecule has 2 unspecified atom stereocenters.